The summed E-state index contributed by atoms with van der Waals surface area (Å²) in [6.07, 6.45) is 2.89. The number of aromatic nitrogens is 1. The molecule has 0 aliphatic heterocycles. The van der Waals surface area contributed by atoms with Crippen molar-refractivity contribution in [2.24, 2.45) is 5.92 Å². The van der Waals surface area contributed by atoms with Gasteiger partial charge in [-0.25, -0.2) is 4.98 Å². The van der Waals surface area contributed by atoms with Gasteiger partial charge in [0, 0.05) is 17.3 Å². The minimum absolute atomic E-state index is 0.696. The van der Waals surface area contributed by atoms with Crippen molar-refractivity contribution in [2.75, 3.05) is 11.1 Å². The lowest BCUT2D eigenvalue weighted by molar-refractivity contribution is 0.652. The Morgan fingerprint density at radius 2 is 2.36 bits per heavy atom. The first-order valence-corrected chi connectivity index (χ1v) is 7.05. The topological polar surface area (TPSA) is 12.9 Å². The molecule has 0 bridgehead atoms. The molecule has 0 fully saturated rings. The minimum Gasteiger partial charge on any atom is -0.248 e. The normalized spacial score (nSPS) is 12.8. The van der Waals surface area contributed by atoms with Crippen LogP contribution in [0.5, 0.6) is 0 Å². The number of rotatable bonds is 5. The van der Waals surface area contributed by atoms with Crippen LogP contribution in [-0.2, 0) is 0 Å². The summed E-state index contributed by atoms with van der Waals surface area (Å²) in [5.41, 5.74) is 0. The second kappa shape index (κ2) is 6.70. The van der Waals surface area contributed by atoms with Gasteiger partial charge in [0.05, 0.1) is 10.0 Å². The van der Waals surface area contributed by atoms with Crippen LogP contribution >= 0.6 is 39.3 Å². The first kappa shape index (κ1) is 12.3. The fraction of sp³-hybridized carbons (Fsp3) is 0.500. The van der Waals surface area contributed by atoms with Gasteiger partial charge in [-0.2, -0.15) is 0 Å². The molecule has 0 radical (unpaired) electrons. The summed E-state index contributed by atoms with van der Waals surface area (Å²) in [6, 6.07) is 3.85. The third-order valence-electron chi connectivity index (χ3n) is 1.96. The van der Waals surface area contributed by atoms with Crippen LogP contribution in [0.15, 0.2) is 23.4 Å². The SMILES string of the molecule is CCC(CBr)CSc1ccc(Cl)cn1. The second-order valence-electron chi connectivity index (χ2n) is 3.05. The van der Waals surface area contributed by atoms with E-state index in [1.54, 1.807) is 18.0 Å². The summed E-state index contributed by atoms with van der Waals surface area (Å²) in [5.74, 6) is 1.83. The average Bonchev–Trinajstić information content (AvgIpc) is 2.22. The number of thioether (sulfide) groups is 1. The van der Waals surface area contributed by atoms with Gasteiger partial charge in [-0.3, -0.25) is 0 Å². The lowest BCUT2D eigenvalue weighted by Gasteiger charge is -2.09. The molecule has 1 unspecified atom stereocenters. The molecule has 1 nitrogen and oxygen atoms in total. The van der Waals surface area contributed by atoms with Crippen LogP contribution in [0.4, 0.5) is 0 Å². The van der Waals surface area contributed by atoms with Gasteiger partial charge in [0.25, 0.3) is 0 Å². The molecule has 0 N–H and O–H groups in total. The smallest absolute Gasteiger partial charge is 0.0961 e. The van der Waals surface area contributed by atoms with Crippen molar-refractivity contribution in [3.8, 4) is 0 Å². The zero-order valence-corrected chi connectivity index (χ0v) is 11.2. The van der Waals surface area contributed by atoms with E-state index in [9.17, 15) is 0 Å². The van der Waals surface area contributed by atoms with E-state index in [4.69, 9.17) is 11.6 Å². The molecule has 0 saturated heterocycles. The molecule has 1 rings (SSSR count). The Morgan fingerprint density at radius 3 is 2.86 bits per heavy atom. The van der Waals surface area contributed by atoms with E-state index in [1.807, 2.05) is 12.1 Å². The van der Waals surface area contributed by atoms with Crippen molar-refractivity contribution in [3.05, 3.63) is 23.4 Å². The van der Waals surface area contributed by atoms with Crippen molar-refractivity contribution in [3.63, 3.8) is 0 Å². The molecule has 0 aromatic carbocycles. The van der Waals surface area contributed by atoms with Crippen LogP contribution in [0, 0.1) is 5.92 Å². The molecule has 4 heteroatoms. The monoisotopic (exact) mass is 293 g/mol. The maximum Gasteiger partial charge on any atom is 0.0961 e. The first-order valence-electron chi connectivity index (χ1n) is 4.56. The van der Waals surface area contributed by atoms with E-state index >= 15 is 0 Å². The lowest BCUT2D eigenvalue weighted by Crippen LogP contribution is -2.03. The molecule has 0 spiro atoms. The highest BCUT2D eigenvalue weighted by molar-refractivity contribution is 9.09. The Morgan fingerprint density at radius 1 is 1.57 bits per heavy atom. The van der Waals surface area contributed by atoms with Crippen LogP contribution < -0.4 is 0 Å². The van der Waals surface area contributed by atoms with Crippen LogP contribution in [0.3, 0.4) is 0 Å². The summed E-state index contributed by atoms with van der Waals surface area (Å²) in [7, 11) is 0. The van der Waals surface area contributed by atoms with Gasteiger partial charge in [0.1, 0.15) is 0 Å². The van der Waals surface area contributed by atoms with E-state index in [2.05, 4.69) is 27.8 Å². The largest absolute Gasteiger partial charge is 0.248 e. The summed E-state index contributed by atoms with van der Waals surface area (Å²) in [6.45, 7) is 2.21. The summed E-state index contributed by atoms with van der Waals surface area (Å²) in [4.78, 5) is 4.23. The quantitative estimate of drug-likeness (QED) is 0.595. The molecule has 0 aliphatic rings. The molecule has 1 atom stereocenters. The predicted molar refractivity (Wildman–Crippen MR) is 67.5 cm³/mol. The van der Waals surface area contributed by atoms with Gasteiger partial charge in [-0.15, -0.1) is 11.8 Å². The molecule has 0 aliphatic carbocycles. The summed E-state index contributed by atoms with van der Waals surface area (Å²) < 4.78 is 0. The van der Waals surface area contributed by atoms with Crippen LogP contribution in [0.1, 0.15) is 13.3 Å². The van der Waals surface area contributed by atoms with E-state index in [0.29, 0.717) is 5.02 Å². The molecular weight excluding hydrogens is 282 g/mol. The molecule has 0 saturated carbocycles. The highest BCUT2D eigenvalue weighted by atomic mass is 79.9. The average molecular weight is 295 g/mol. The number of nitrogens with zero attached hydrogens (tertiary/aromatic N) is 1. The molecule has 14 heavy (non-hydrogen) atoms. The molecule has 0 amide bonds. The molecular formula is C10H13BrClNS. The Bertz CT molecular complexity index is 261. The van der Waals surface area contributed by atoms with Gasteiger partial charge >= 0.3 is 0 Å². The van der Waals surface area contributed by atoms with Crippen molar-refractivity contribution in [2.45, 2.75) is 18.4 Å². The number of hydrogen-bond acceptors (Lipinski definition) is 2. The van der Waals surface area contributed by atoms with Crippen LogP contribution in [-0.4, -0.2) is 16.1 Å². The molecule has 78 valence electrons. The Labute approximate surface area is 103 Å². The van der Waals surface area contributed by atoms with Crippen molar-refractivity contribution < 1.29 is 0 Å². The van der Waals surface area contributed by atoms with Gasteiger partial charge in [-0.05, 0) is 18.1 Å². The highest BCUT2D eigenvalue weighted by Gasteiger charge is 2.05. The highest BCUT2D eigenvalue weighted by Crippen LogP contribution is 2.22. The number of alkyl halides is 1. The number of halogens is 2. The zero-order chi connectivity index (χ0) is 10.4. The van der Waals surface area contributed by atoms with E-state index < -0.39 is 0 Å². The van der Waals surface area contributed by atoms with Crippen molar-refractivity contribution in [1.29, 1.82) is 0 Å². The maximum atomic E-state index is 5.75. The standard InChI is InChI=1S/C10H13BrClNS/c1-2-8(5-11)7-14-10-4-3-9(12)6-13-10/h3-4,6,8H,2,5,7H2,1H3. The van der Waals surface area contributed by atoms with E-state index in [-0.39, 0.29) is 0 Å². The zero-order valence-electron chi connectivity index (χ0n) is 8.04. The second-order valence-corrected chi connectivity index (χ2v) is 5.18. The van der Waals surface area contributed by atoms with Crippen molar-refractivity contribution >= 4 is 39.3 Å². The predicted octanol–water partition coefficient (Wildman–Crippen LogP) is 4.25. The summed E-state index contributed by atoms with van der Waals surface area (Å²) in [5, 5.41) is 2.81. The van der Waals surface area contributed by atoms with Gasteiger partial charge in [0.2, 0.25) is 0 Å². The fourth-order valence-electron chi connectivity index (χ4n) is 0.922. The molecule has 1 heterocycles. The Kier molecular flexibility index (Phi) is 5.90. The third kappa shape index (κ3) is 4.20. The van der Waals surface area contributed by atoms with Gasteiger partial charge in [-0.1, -0.05) is 40.9 Å². The van der Waals surface area contributed by atoms with Gasteiger partial charge in [0.15, 0.2) is 0 Å². The van der Waals surface area contributed by atoms with Crippen LogP contribution in [0.2, 0.25) is 5.02 Å². The van der Waals surface area contributed by atoms with Crippen molar-refractivity contribution in [1.82, 2.24) is 4.98 Å². The first-order chi connectivity index (χ1) is 6.76. The van der Waals surface area contributed by atoms with Crippen LogP contribution in [0.25, 0.3) is 0 Å². The Hall–Kier alpha value is 0.270. The molecule has 1 aromatic heterocycles. The third-order valence-corrected chi connectivity index (χ3v) is 4.28. The summed E-state index contributed by atoms with van der Waals surface area (Å²) >= 11 is 11.0. The number of hydrogen-bond donors (Lipinski definition) is 0. The van der Waals surface area contributed by atoms with E-state index in [1.165, 1.54) is 6.42 Å². The van der Waals surface area contributed by atoms with Gasteiger partial charge < -0.3 is 0 Å². The maximum absolute atomic E-state index is 5.75. The number of pyridine rings is 1. The fourth-order valence-corrected chi connectivity index (χ4v) is 3.08. The minimum atomic E-state index is 0.696. The lowest BCUT2D eigenvalue weighted by atomic mass is 10.2. The van der Waals surface area contributed by atoms with E-state index in [0.717, 1.165) is 22.0 Å². The molecule has 1 aromatic rings. The Balaban J connectivity index is 2.41.